The van der Waals surface area contributed by atoms with E-state index in [9.17, 15) is 26.4 Å². The molecule has 5 rings (SSSR count). The second kappa shape index (κ2) is 14.2. The number of benzene rings is 1. The number of anilines is 1. The summed E-state index contributed by atoms with van der Waals surface area (Å²) in [6.45, 7) is 3.56. The van der Waals surface area contributed by atoms with Crippen LogP contribution in [0.5, 0.6) is 5.75 Å². The maximum Gasteiger partial charge on any atom is 0.416 e. The third kappa shape index (κ3) is 8.05. The number of carbonyl (C=O) groups is 1. The smallest absolute Gasteiger partial charge is 0.416 e. The SMILES string of the molecule is CCc1cnc(N2CCC(CC(=O)NOC3CCCCO3)(S(=O)(=O)N3CCC(Oc4ccc(C(F)(F)F)cc4)CC3)CC2)nc1. The highest BCUT2D eigenvalue weighted by molar-refractivity contribution is 7.90. The number of nitrogens with zero attached hydrogens (tertiary/aromatic N) is 4. The van der Waals surface area contributed by atoms with E-state index in [0.29, 0.717) is 50.7 Å². The van der Waals surface area contributed by atoms with Gasteiger partial charge >= 0.3 is 6.18 Å². The Morgan fingerprint density at radius 3 is 2.29 bits per heavy atom. The molecule has 4 heterocycles. The first-order chi connectivity index (χ1) is 21.5. The molecule has 1 atom stereocenters. The molecular weight excluding hydrogens is 615 g/mol. The number of ether oxygens (including phenoxy) is 2. The largest absolute Gasteiger partial charge is 0.490 e. The number of rotatable bonds is 10. The number of piperidine rings is 2. The van der Waals surface area contributed by atoms with Gasteiger partial charge in [-0.3, -0.25) is 4.79 Å². The van der Waals surface area contributed by atoms with Crippen molar-refractivity contribution >= 4 is 21.9 Å². The van der Waals surface area contributed by atoms with Crippen molar-refractivity contribution < 1.29 is 40.7 Å². The third-order valence-electron chi connectivity index (χ3n) is 8.75. The van der Waals surface area contributed by atoms with Crippen LogP contribution >= 0.6 is 0 Å². The number of nitrogens with one attached hydrogen (secondary N) is 1. The van der Waals surface area contributed by atoms with Crippen LogP contribution in [-0.4, -0.2) is 78.5 Å². The van der Waals surface area contributed by atoms with E-state index in [1.165, 1.54) is 16.4 Å². The number of hydroxylamine groups is 1. The Bertz CT molecular complexity index is 1370. The molecule has 3 aliphatic rings. The van der Waals surface area contributed by atoms with Gasteiger partial charge in [0.05, 0.1) is 10.3 Å². The standard InChI is InChI=1S/C30H40F3N5O6S/c1-2-22-20-34-28(35-21-22)37-16-12-29(13-17-37,19-26(39)36-44-27-5-3-4-18-42-27)45(40,41)38-14-10-25(11-15-38)43-24-8-6-23(7-9-24)30(31,32)33/h6-9,20-21,25,27H,2-5,10-19H2,1H3,(H,36,39). The average Bonchev–Trinajstić information content (AvgIpc) is 3.05. The van der Waals surface area contributed by atoms with Gasteiger partial charge in [-0.2, -0.15) is 13.2 Å². The number of sulfonamides is 1. The third-order valence-corrected chi connectivity index (χ3v) is 11.4. The fourth-order valence-electron chi connectivity index (χ4n) is 5.98. The van der Waals surface area contributed by atoms with E-state index in [1.54, 1.807) is 12.4 Å². The topological polar surface area (TPSA) is 123 Å². The van der Waals surface area contributed by atoms with Crippen LogP contribution in [0.15, 0.2) is 36.7 Å². The highest BCUT2D eigenvalue weighted by Gasteiger charge is 2.51. The van der Waals surface area contributed by atoms with Gasteiger partial charge in [0, 0.05) is 58.0 Å². The van der Waals surface area contributed by atoms with Crippen LogP contribution in [0.1, 0.15) is 69.4 Å². The predicted octanol–water partition coefficient (Wildman–Crippen LogP) is 4.23. The van der Waals surface area contributed by atoms with Gasteiger partial charge in [-0.15, -0.1) is 0 Å². The van der Waals surface area contributed by atoms with Gasteiger partial charge in [-0.1, -0.05) is 6.92 Å². The molecule has 11 nitrogen and oxygen atoms in total. The van der Waals surface area contributed by atoms with Crippen molar-refractivity contribution in [3.63, 3.8) is 0 Å². The molecule has 1 aromatic carbocycles. The monoisotopic (exact) mass is 655 g/mol. The number of aromatic nitrogens is 2. The molecule has 1 N–H and O–H groups in total. The van der Waals surface area contributed by atoms with Gasteiger partial charge in [-0.05, 0) is 74.8 Å². The van der Waals surface area contributed by atoms with Crippen LogP contribution in [0, 0.1) is 0 Å². The number of carbonyl (C=O) groups excluding carboxylic acids is 1. The Hall–Kier alpha value is -3.01. The highest BCUT2D eigenvalue weighted by atomic mass is 32.2. The lowest BCUT2D eigenvalue weighted by atomic mass is 9.92. The minimum absolute atomic E-state index is 0.161. The highest BCUT2D eigenvalue weighted by Crippen LogP contribution is 2.39. The van der Waals surface area contributed by atoms with Gasteiger partial charge in [0.25, 0.3) is 0 Å². The number of hydrogen-bond donors (Lipinski definition) is 1. The second-order valence-electron chi connectivity index (χ2n) is 11.8. The number of halogens is 3. The number of hydrogen-bond acceptors (Lipinski definition) is 9. The Kier molecular flexibility index (Phi) is 10.5. The van der Waals surface area contributed by atoms with Crippen LogP contribution in [0.4, 0.5) is 19.1 Å². The molecule has 3 aliphatic heterocycles. The van der Waals surface area contributed by atoms with Crippen molar-refractivity contribution in [2.75, 3.05) is 37.7 Å². The summed E-state index contributed by atoms with van der Waals surface area (Å²) in [5.74, 6) is 0.271. The summed E-state index contributed by atoms with van der Waals surface area (Å²) in [4.78, 5) is 29.4. The molecule has 3 fully saturated rings. The molecule has 0 aliphatic carbocycles. The van der Waals surface area contributed by atoms with Gasteiger partial charge in [-0.25, -0.2) is 33.0 Å². The molecule has 1 amide bonds. The summed E-state index contributed by atoms with van der Waals surface area (Å²) < 4.78 is 78.8. The van der Waals surface area contributed by atoms with Crippen molar-refractivity contribution in [2.45, 2.75) is 88.0 Å². The molecule has 2 aromatic rings. The summed E-state index contributed by atoms with van der Waals surface area (Å²) in [5.41, 5.74) is 2.66. The van der Waals surface area contributed by atoms with Crippen LogP contribution in [0.2, 0.25) is 0 Å². The molecular formula is C30H40F3N5O6S. The summed E-state index contributed by atoms with van der Waals surface area (Å²) in [6.07, 6.45) is 2.22. The normalized spacial score (nSPS) is 21.8. The van der Waals surface area contributed by atoms with E-state index in [-0.39, 0.29) is 38.5 Å². The minimum atomic E-state index is -4.44. The van der Waals surface area contributed by atoms with E-state index >= 15 is 0 Å². The minimum Gasteiger partial charge on any atom is -0.490 e. The quantitative estimate of drug-likeness (QED) is 0.375. The molecule has 248 valence electrons. The number of amides is 1. The van der Waals surface area contributed by atoms with Crippen molar-refractivity contribution in [3.05, 3.63) is 47.8 Å². The molecule has 1 aromatic heterocycles. The molecule has 15 heteroatoms. The number of aryl methyl sites for hydroxylation is 1. The summed E-state index contributed by atoms with van der Waals surface area (Å²) in [5, 5.41) is 0. The molecule has 45 heavy (non-hydrogen) atoms. The van der Waals surface area contributed by atoms with E-state index in [0.717, 1.165) is 37.0 Å². The zero-order valence-corrected chi connectivity index (χ0v) is 26.1. The Morgan fingerprint density at radius 2 is 1.71 bits per heavy atom. The Balaban J connectivity index is 1.25. The molecule has 0 radical (unpaired) electrons. The summed E-state index contributed by atoms with van der Waals surface area (Å²) >= 11 is 0. The Morgan fingerprint density at radius 1 is 1.04 bits per heavy atom. The van der Waals surface area contributed by atoms with Crippen LogP contribution < -0.4 is 15.1 Å². The van der Waals surface area contributed by atoms with Crippen molar-refractivity contribution in [1.82, 2.24) is 19.8 Å². The first-order valence-corrected chi connectivity index (χ1v) is 16.9. The Labute approximate surface area is 261 Å². The van der Waals surface area contributed by atoms with Crippen LogP contribution in [0.25, 0.3) is 0 Å². The summed E-state index contributed by atoms with van der Waals surface area (Å²) in [6, 6.07) is 4.47. The summed E-state index contributed by atoms with van der Waals surface area (Å²) in [7, 11) is -3.98. The zero-order valence-electron chi connectivity index (χ0n) is 25.3. The molecule has 0 spiro atoms. The molecule has 3 saturated heterocycles. The molecule has 1 unspecified atom stereocenters. The lowest BCUT2D eigenvalue weighted by Gasteiger charge is -2.44. The zero-order chi connectivity index (χ0) is 32.1. The van der Waals surface area contributed by atoms with E-state index in [2.05, 4.69) is 15.4 Å². The maximum absolute atomic E-state index is 14.3. The van der Waals surface area contributed by atoms with Crippen molar-refractivity contribution in [1.29, 1.82) is 0 Å². The maximum atomic E-state index is 14.3. The van der Waals surface area contributed by atoms with Gasteiger partial charge in [0.1, 0.15) is 11.9 Å². The fraction of sp³-hybridized carbons (Fsp3) is 0.633. The van der Waals surface area contributed by atoms with E-state index < -0.39 is 38.7 Å². The molecule has 0 saturated carbocycles. The van der Waals surface area contributed by atoms with Gasteiger partial charge < -0.3 is 14.4 Å². The fourth-order valence-corrected chi connectivity index (χ4v) is 8.23. The average molecular weight is 656 g/mol. The number of alkyl halides is 3. The van der Waals surface area contributed by atoms with Crippen molar-refractivity contribution in [3.8, 4) is 5.75 Å². The van der Waals surface area contributed by atoms with Crippen LogP contribution in [0.3, 0.4) is 0 Å². The van der Waals surface area contributed by atoms with Gasteiger partial charge in [0.2, 0.25) is 21.9 Å². The van der Waals surface area contributed by atoms with Gasteiger partial charge in [0.15, 0.2) is 6.29 Å². The first kappa shape index (κ1) is 33.4. The lowest BCUT2D eigenvalue weighted by Crippen LogP contribution is -2.58. The first-order valence-electron chi connectivity index (χ1n) is 15.4. The van der Waals surface area contributed by atoms with Crippen molar-refractivity contribution in [2.24, 2.45) is 0 Å². The molecule has 0 bridgehead atoms. The van der Waals surface area contributed by atoms with E-state index in [4.69, 9.17) is 14.3 Å². The lowest BCUT2D eigenvalue weighted by molar-refractivity contribution is -0.200. The predicted molar refractivity (Wildman–Crippen MR) is 159 cm³/mol. The van der Waals surface area contributed by atoms with Crippen LogP contribution in [-0.2, 0) is 37.0 Å². The second-order valence-corrected chi connectivity index (χ2v) is 14.1. The van der Waals surface area contributed by atoms with E-state index in [1.807, 2.05) is 11.8 Å².